The van der Waals surface area contributed by atoms with Crippen LogP contribution < -0.4 is 5.32 Å². The molecule has 30 heavy (non-hydrogen) atoms. The first-order valence-electron chi connectivity index (χ1n) is 8.60. The van der Waals surface area contributed by atoms with Crippen LogP contribution in [0, 0.1) is 0 Å². The largest absolute Gasteiger partial charge is 0.465 e. The van der Waals surface area contributed by atoms with E-state index in [1.54, 1.807) is 48.5 Å². The van der Waals surface area contributed by atoms with Gasteiger partial charge in [-0.1, -0.05) is 23.9 Å². The molecule has 0 aliphatic heterocycles. The van der Waals surface area contributed by atoms with Crippen LogP contribution in [0.3, 0.4) is 0 Å². The molecule has 1 N–H and O–H groups in total. The molecule has 0 spiro atoms. The number of carbonyl (C=O) groups is 3. The minimum absolute atomic E-state index is 0.0100. The smallest absolute Gasteiger partial charge is 0.339 e. The van der Waals surface area contributed by atoms with Gasteiger partial charge < -0.3 is 14.8 Å². The predicted octanol–water partition coefficient (Wildman–Crippen LogP) is 1.97. The minimum atomic E-state index is -0.544. The highest BCUT2D eigenvalue weighted by Gasteiger charge is 2.16. The number of aromatic nitrogens is 4. The van der Waals surface area contributed by atoms with Crippen LogP contribution in [-0.2, 0) is 14.3 Å². The first-order chi connectivity index (χ1) is 14.5. The third kappa shape index (κ3) is 4.81. The summed E-state index contributed by atoms with van der Waals surface area (Å²) in [5, 5.41) is 14.6. The molecule has 1 amide bonds. The summed E-state index contributed by atoms with van der Waals surface area (Å²) in [6, 6.07) is 13.1. The second-order valence-corrected chi connectivity index (χ2v) is 6.73. The molecule has 0 radical (unpaired) electrons. The number of anilines is 1. The Morgan fingerprint density at radius 1 is 1.00 bits per heavy atom. The number of benzene rings is 2. The molecule has 0 bridgehead atoms. The third-order valence-corrected chi connectivity index (χ3v) is 4.83. The third-order valence-electron chi connectivity index (χ3n) is 3.91. The number of hydrogen-bond donors (Lipinski definition) is 1. The summed E-state index contributed by atoms with van der Waals surface area (Å²) in [7, 11) is 2.58. The highest BCUT2D eigenvalue weighted by Crippen LogP contribution is 2.20. The van der Waals surface area contributed by atoms with E-state index in [1.165, 1.54) is 18.9 Å². The number of methoxy groups -OCH3 is 2. The van der Waals surface area contributed by atoms with Crippen molar-refractivity contribution in [3.63, 3.8) is 0 Å². The monoisotopic (exact) mass is 427 g/mol. The predicted molar refractivity (Wildman–Crippen MR) is 108 cm³/mol. The van der Waals surface area contributed by atoms with Crippen molar-refractivity contribution >= 4 is 35.3 Å². The van der Waals surface area contributed by atoms with E-state index in [2.05, 4.69) is 25.6 Å². The zero-order chi connectivity index (χ0) is 21.5. The Morgan fingerprint density at radius 2 is 1.70 bits per heavy atom. The fourth-order valence-electron chi connectivity index (χ4n) is 2.48. The van der Waals surface area contributed by atoms with Gasteiger partial charge in [0.1, 0.15) is 0 Å². The highest BCUT2D eigenvalue weighted by molar-refractivity contribution is 7.99. The van der Waals surface area contributed by atoms with Crippen molar-refractivity contribution in [2.75, 3.05) is 25.3 Å². The topological polar surface area (TPSA) is 125 Å². The van der Waals surface area contributed by atoms with E-state index < -0.39 is 11.9 Å². The maximum absolute atomic E-state index is 12.4. The van der Waals surface area contributed by atoms with Crippen LogP contribution in [-0.4, -0.2) is 58.0 Å². The summed E-state index contributed by atoms with van der Waals surface area (Å²) in [5.74, 6) is -1.32. The SMILES string of the molecule is COC(=O)c1ccc(-n2nnnc2SCC(=O)Nc2ccccc2C(=O)OC)cc1. The Kier molecular flexibility index (Phi) is 6.75. The van der Waals surface area contributed by atoms with E-state index in [4.69, 9.17) is 4.74 Å². The van der Waals surface area contributed by atoms with Gasteiger partial charge in [-0.05, 0) is 46.8 Å². The Hall–Kier alpha value is -3.73. The molecule has 0 saturated carbocycles. The summed E-state index contributed by atoms with van der Waals surface area (Å²) in [4.78, 5) is 35.7. The van der Waals surface area contributed by atoms with Gasteiger partial charge in [0.15, 0.2) is 0 Å². The number of carbonyl (C=O) groups excluding carboxylic acids is 3. The van der Waals surface area contributed by atoms with Gasteiger partial charge in [0.05, 0.1) is 42.5 Å². The second kappa shape index (κ2) is 9.65. The number of nitrogens with one attached hydrogen (secondary N) is 1. The van der Waals surface area contributed by atoms with Gasteiger partial charge in [-0.2, -0.15) is 4.68 Å². The van der Waals surface area contributed by atoms with E-state index >= 15 is 0 Å². The normalized spacial score (nSPS) is 10.3. The molecule has 0 fully saturated rings. The molecule has 11 heteroatoms. The molecule has 154 valence electrons. The summed E-state index contributed by atoms with van der Waals surface area (Å²) < 4.78 is 10.8. The van der Waals surface area contributed by atoms with Crippen molar-refractivity contribution in [2.24, 2.45) is 0 Å². The fourth-order valence-corrected chi connectivity index (χ4v) is 3.17. The zero-order valence-corrected chi connectivity index (χ0v) is 16.9. The van der Waals surface area contributed by atoms with Crippen molar-refractivity contribution in [1.82, 2.24) is 20.2 Å². The van der Waals surface area contributed by atoms with E-state index in [0.29, 0.717) is 22.1 Å². The van der Waals surface area contributed by atoms with Gasteiger partial charge in [0.25, 0.3) is 0 Å². The number of nitrogens with zero attached hydrogens (tertiary/aromatic N) is 4. The lowest BCUT2D eigenvalue weighted by Crippen LogP contribution is -2.17. The van der Waals surface area contributed by atoms with Crippen LogP contribution in [0.25, 0.3) is 5.69 Å². The summed E-state index contributed by atoms with van der Waals surface area (Å²) in [6.07, 6.45) is 0. The molecule has 0 saturated heterocycles. The minimum Gasteiger partial charge on any atom is -0.465 e. The van der Waals surface area contributed by atoms with E-state index in [-0.39, 0.29) is 17.2 Å². The molecule has 2 aromatic carbocycles. The molecule has 3 aromatic rings. The Labute approximate surface area is 175 Å². The standard InChI is InChI=1S/C19H17N5O5S/c1-28-17(26)12-7-9-13(10-8-12)24-19(21-22-23-24)30-11-16(25)20-15-6-4-3-5-14(15)18(27)29-2/h3-10H,11H2,1-2H3,(H,20,25). The van der Waals surface area contributed by atoms with Gasteiger partial charge in [-0.25, -0.2) is 9.59 Å². The van der Waals surface area contributed by atoms with E-state index in [0.717, 1.165) is 11.8 Å². The second-order valence-electron chi connectivity index (χ2n) is 5.79. The lowest BCUT2D eigenvalue weighted by Gasteiger charge is -2.09. The van der Waals surface area contributed by atoms with Crippen LogP contribution in [0.1, 0.15) is 20.7 Å². The van der Waals surface area contributed by atoms with Gasteiger partial charge in [0, 0.05) is 0 Å². The van der Waals surface area contributed by atoms with Crippen molar-refractivity contribution < 1.29 is 23.9 Å². The zero-order valence-electron chi connectivity index (χ0n) is 16.1. The average molecular weight is 427 g/mol. The fraction of sp³-hybridized carbons (Fsp3) is 0.158. The molecule has 1 aromatic heterocycles. The molecule has 10 nitrogen and oxygen atoms in total. The van der Waals surface area contributed by atoms with Crippen molar-refractivity contribution in [3.05, 3.63) is 59.7 Å². The number of para-hydroxylation sites is 1. The molecule has 1 heterocycles. The number of ether oxygens (including phenoxy) is 2. The maximum Gasteiger partial charge on any atom is 0.339 e. The lowest BCUT2D eigenvalue weighted by atomic mass is 10.2. The number of tetrazole rings is 1. The van der Waals surface area contributed by atoms with Crippen molar-refractivity contribution in [2.45, 2.75) is 5.16 Å². The summed E-state index contributed by atoms with van der Waals surface area (Å²) in [5.41, 5.74) is 1.63. The molecule has 0 atom stereocenters. The number of rotatable bonds is 7. The molecular weight excluding hydrogens is 410 g/mol. The number of esters is 2. The first-order valence-corrected chi connectivity index (χ1v) is 9.59. The quantitative estimate of drug-likeness (QED) is 0.445. The van der Waals surface area contributed by atoms with Gasteiger partial charge in [0.2, 0.25) is 11.1 Å². The molecule has 0 aliphatic carbocycles. The summed E-state index contributed by atoms with van der Waals surface area (Å²) >= 11 is 1.12. The molecule has 3 rings (SSSR count). The highest BCUT2D eigenvalue weighted by atomic mass is 32.2. The van der Waals surface area contributed by atoms with E-state index in [9.17, 15) is 14.4 Å². The average Bonchev–Trinajstić information content (AvgIpc) is 3.25. The number of hydrogen-bond acceptors (Lipinski definition) is 9. The first kappa shape index (κ1) is 21.0. The van der Waals surface area contributed by atoms with Crippen molar-refractivity contribution in [1.29, 1.82) is 0 Å². The Balaban J connectivity index is 1.67. The lowest BCUT2D eigenvalue weighted by molar-refractivity contribution is -0.113. The van der Waals surface area contributed by atoms with Crippen LogP contribution >= 0.6 is 11.8 Å². The van der Waals surface area contributed by atoms with Crippen LogP contribution in [0.2, 0.25) is 0 Å². The van der Waals surface area contributed by atoms with Crippen LogP contribution in [0.15, 0.2) is 53.7 Å². The Morgan fingerprint density at radius 3 is 2.40 bits per heavy atom. The number of thioether (sulfide) groups is 1. The molecular formula is C19H17N5O5S. The summed E-state index contributed by atoms with van der Waals surface area (Å²) in [6.45, 7) is 0. The van der Waals surface area contributed by atoms with Gasteiger partial charge >= 0.3 is 11.9 Å². The van der Waals surface area contributed by atoms with Crippen molar-refractivity contribution in [3.8, 4) is 5.69 Å². The molecule has 0 unspecified atom stereocenters. The van der Waals surface area contributed by atoms with Gasteiger partial charge in [-0.15, -0.1) is 5.10 Å². The van der Waals surface area contributed by atoms with E-state index in [1.807, 2.05) is 0 Å². The molecule has 0 aliphatic rings. The Bertz CT molecular complexity index is 1070. The maximum atomic E-state index is 12.4. The van der Waals surface area contributed by atoms with Gasteiger partial charge in [-0.3, -0.25) is 4.79 Å². The van der Waals surface area contributed by atoms with Crippen LogP contribution in [0.5, 0.6) is 0 Å². The van der Waals surface area contributed by atoms with Crippen LogP contribution in [0.4, 0.5) is 5.69 Å². The number of amides is 1.